The summed E-state index contributed by atoms with van der Waals surface area (Å²) in [6, 6.07) is 10.3. The Kier molecular flexibility index (Phi) is 4.71. The molecule has 1 aliphatic rings. The third-order valence-electron chi connectivity index (χ3n) is 3.55. The van der Waals surface area contributed by atoms with Gasteiger partial charge in [0, 0.05) is 10.6 Å². The molecular formula is C15H25NOS. The maximum Gasteiger partial charge on any atom is 0.0628 e. The lowest BCUT2D eigenvalue weighted by molar-refractivity contribution is 0.468. The Morgan fingerprint density at radius 2 is 2.00 bits per heavy atom. The summed E-state index contributed by atoms with van der Waals surface area (Å²) in [5.74, 6) is 1.58. The average Bonchev–Trinajstić information content (AvgIpc) is 2.39. The van der Waals surface area contributed by atoms with Crippen LogP contribution in [0, 0.1) is 5.92 Å². The lowest BCUT2D eigenvalue weighted by Gasteiger charge is -2.45. The highest BCUT2D eigenvalue weighted by Crippen LogP contribution is 2.59. The molecule has 0 aliphatic carbocycles. The molecule has 1 saturated heterocycles. The van der Waals surface area contributed by atoms with Gasteiger partial charge >= 0.3 is 0 Å². The highest BCUT2D eigenvalue weighted by Gasteiger charge is 2.35. The normalized spacial score (nSPS) is 32.1. The number of hydrogen-bond donors (Lipinski definition) is 2. The molecule has 1 aromatic rings. The van der Waals surface area contributed by atoms with Crippen molar-refractivity contribution in [3.63, 3.8) is 0 Å². The molecule has 1 aromatic carbocycles. The molecule has 1 aliphatic heterocycles. The molecular weight excluding hydrogens is 242 g/mol. The minimum Gasteiger partial charge on any atom is -0.346 e. The van der Waals surface area contributed by atoms with Crippen molar-refractivity contribution >= 4 is 10.3 Å². The largest absolute Gasteiger partial charge is 0.346 e. The van der Waals surface area contributed by atoms with E-state index in [9.17, 15) is 4.55 Å². The molecule has 2 atom stereocenters. The predicted molar refractivity (Wildman–Crippen MR) is 80.3 cm³/mol. The minimum atomic E-state index is -1.67. The summed E-state index contributed by atoms with van der Waals surface area (Å²) >= 11 is 0. The summed E-state index contributed by atoms with van der Waals surface area (Å²) in [5.41, 5.74) is 0. The topological polar surface area (TPSA) is 32.3 Å². The number of hydrogen-bond acceptors (Lipinski definition) is 2. The van der Waals surface area contributed by atoms with E-state index in [1.54, 1.807) is 0 Å². The third-order valence-corrected chi connectivity index (χ3v) is 6.89. The fourth-order valence-corrected chi connectivity index (χ4v) is 5.58. The zero-order chi connectivity index (χ0) is 13.0. The van der Waals surface area contributed by atoms with Gasteiger partial charge in [-0.05, 0) is 37.4 Å². The van der Waals surface area contributed by atoms with Crippen LogP contribution in [0.5, 0.6) is 0 Å². The van der Waals surface area contributed by atoms with Crippen molar-refractivity contribution in [3.05, 3.63) is 30.3 Å². The van der Waals surface area contributed by atoms with Gasteiger partial charge in [0.15, 0.2) is 0 Å². The van der Waals surface area contributed by atoms with Crippen molar-refractivity contribution in [3.8, 4) is 0 Å². The van der Waals surface area contributed by atoms with Crippen LogP contribution in [0.25, 0.3) is 0 Å². The molecule has 2 N–H and O–H groups in total. The van der Waals surface area contributed by atoms with Crippen molar-refractivity contribution < 1.29 is 4.55 Å². The lowest BCUT2D eigenvalue weighted by Crippen LogP contribution is -2.39. The highest BCUT2D eigenvalue weighted by atomic mass is 32.3. The molecule has 1 unspecified atom stereocenters. The van der Waals surface area contributed by atoms with Gasteiger partial charge in [0.2, 0.25) is 0 Å². The van der Waals surface area contributed by atoms with Crippen LogP contribution in [0.15, 0.2) is 35.2 Å². The summed E-state index contributed by atoms with van der Waals surface area (Å²) in [6.45, 7) is 5.42. The van der Waals surface area contributed by atoms with E-state index in [0.29, 0.717) is 5.92 Å². The molecule has 0 saturated carbocycles. The van der Waals surface area contributed by atoms with Gasteiger partial charge in [0.1, 0.15) is 0 Å². The van der Waals surface area contributed by atoms with Crippen LogP contribution in [0.3, 0.4) is 0 Å². The van der Waals surface area contributed by atoms with E-state index in [-0.39, 0.29) is 5.37 Å². The first-order valence-electron chi connectivity index (χ1n) is 6.94. The highest BCUT2D eigenvalue weighted by molar-refractivity contribution is 8.29. The Balaban J connectivity index is 2.15. The summed E-state index contributed by atoms with van der Waals surface area (Å²) < 4.78 is 11.1. The molecule has 0 bridgehead atoms. The molecule has 0 spiro atoms. The number of nitrogens with one attached hydrogen (secondary N) is 1. The van der Waals surface area contributed by atoms with Gasteiger partial charge in [0.25, 0.3) is 0 Å². The molecule has 0 radical (unpaired) electrons. The zero-order valence-corrected chi connectivity index (χ0v) is 12.2. The monoisotopic (exact) mass is 267 g/mol. The molecule has 0 amide bonds. The minimum absolute atomic E-state index is 0.274. The predicted octanol–water partition coefficient (Wildman–Crippen LogP) is 4.08. The van der Waals surface area contributed by atoms with Crippen LogP contribution in [-0.2, 0) is 0 Å². The maximum absolute atomic E-state index is 11.1. The molecule has 3 heteroatoms. The number of rotatable bonds is 4. The standard InChI is InChI=1S/C15H25NOS/c1-13(2)12-16-15-10-6-7-11-18(15,17)14-8-4-3-5-9-14/h3-5,8-9,13,15-17H,6-7,10-12H2,1-2H3/t15-/m0/s1. The maximum atomic E-state index is 11.1. The van der Waals surface area contributed by atoms with Crippen LogP contribution < -0.4 is 5.32 Å². The summed E-state index contributed by atoms with van der Waals surface area (Å²) in [5, 5.41) is 3.87. The van der Waals surface area contributed by atoms with Gasteiger partial charge in [-0.15, -0.1) is 0 Å². The second kappa shape index (κ2) is 6.09. The van der Waals surface area contributed by atoms with Crippen molar-refractivity contribution in [1.82, 2.24) is 5.32 Å². The van der Waals surface area contributed by atoms with E-state index >= 15 is 0 Å². The van der Waals surface area contributed by atoms with Crippen LogP contribution in [0.1, 0.15) is 33.1 Å². The fraction of sp³-hybridized carbons (Fsp3) is 0.600. The molecule has 102 valence electrons. The molecule has 1 fully saturated rings. The zero-order valence-electron chi connectivity index (χ0n) is 11.4. The van der Waals surface area contributed by atoms with Gasteiger partial charge in [0.05, 0.1) is 5.37 Å². The quantitative estimate of drug-likeness (QED) is 0.861. The van der Waals surface area contributed by atoms with Crippen LogP contribution in [-0.4, -0.2) is 22.2 Å². The smallest absolute Gasteiger partial charge is 0.0628 e. The van der Waals surface area contributed by atoms with Crippen molar-refractivity contribution in [2.45, 2.75) is 43.4 Å². The Morgan fingerprint density at radius 3 is 2.67 bits per heavy atom. The van der Waals surface area contributed by atoms with E-state index in [2.05, 4.69) is 31.3 Å². The first-order valence-corrected chi connectivity index (χ1v) is 8.76. The molecule has 18 heavy (non-hydrogen) atoms. The summed E-state index contributed by atoms with van der Waals surface area (Å²) in [7, 11) is -1.67. The first kappa shape index (κ1) is 13.9. The van der Waals surface area contributed by atoms with Gasteiger partial charge < -0.3 is 9.87 Å². The van der Waals surface area contributed by atoms with Crippen molar-refractivity contribution in [1.29, 1.82) is 0 Å². The average molecular weight is 267 g/mol. The molecule has 2 nitrogen and oxygen atoms in total. The van der Waals surface area contributed by atoms with Crippen molar-refractivity contribution in [2.24, 2.45) is 5.92 Å². The van der Waals surface area contributed by atoms with Crippen molar-refractivity contribution in [2.75, 3.05) is 12.3 Å². The second-order valence-corrected chi connectivity index (χ2v) is 8.52. The fourth-order valence-electron chi connectivity index (χ4n) is 2.53. The van der Waals surface area contributed by atoms with Gasteiger partial charge in [-0.1, -0.05) is 48.8 Å². The third kappa shape index (κ3) is 3.08. The molecule has 1 heterocycles. The Bertz CT molecular complexity index is 368. The van der Waals surface area contributed by atoms with Gasteiger partial charge in [-0.25, -0.2) is 0 Å². The Labute approximate surface area is 112 Å². The van der Waals surface area contributed by atoms with E-state index < -0.39 is 10.3 Å². The van der Waals surface area contributed by atoms with Gasteiger partial charge in [-0.3, -0.25) is 0 Å². The van der Waals surface area contributed by atoms with Crippen LogP contribution in [0.4, 0.5) is 0 Å². The lowest BCUT2D eigenvalue weighted by atomic mass is 10.2. The van der Waals surface area contributed by atoms with E-state index in [0.717, 1.165) is 30.0 Å². The Morgan fingerprint density at radius 1 is 1.28 bits per heavy atom. The summed E-state index contributed by atoms with van der Waals surface area (Å²) in [4.78, 5) is 1.14. The van der Waals surface area contributed by atoms with Gasteiger partial charge in [-0.2, -0.15) is 0 Å². The van der Waals surface area contributed by atoms with Crippen LogP contribution in [0.2, 0.25) is 0 Å². The summed E-state index contributed by atoms with van der Waals surface area (Å²) in [6.07, 6.45) is 3.49. The Hall–Kier alpha value is -0.510. The first-order chi connectivity index (χ1) is 8.63. The number of benzene rings is 1. The second-order valence-electron chi connectivity index (χ2n) is 5.56. The molecule has 2 rings (SSSR count). The van der Waals surface area contributed by atoms with E-state index in [1.807, 2.05) is 18.2 Å². The van der Waals surface area contributed by atoms with E-state index in [4.69, 9.17) is 0 Å². The van der Waals surface area contributed by atoms with Crippen LogP contribution >= 0.6 is 10.3 Å². The van der Waals surface area contributed by atoms with E-state index in [1.165, 1.54) is 6.42 Å². The SMILES string of the molecule is CC(C)CN[C@@H]1CCCCS1(O)c1ccccc1. The molecule has 0 aromatic heterocycles.